The van der Waals surface area contributed by atoms with Gasteiger partial charge < -0.3 is 10.6 Å². The molecule has 1 aromatic heterocycles. The van der Waals surface area contributed by atoms with Crippen LogP contribution in [0.25, 0.3) is 0 Å². The van der Waals surface area contributed by atoms with Gasteiger partial charge in [-0.2, -0.15) is 0 Å². The van der Waals surface area contributed by atoms with Crippen LogP contribution in [0.3, 0.4) is 0 Å². The molecule has 2 N–H and O–H groups in total. The topological polar surface area (TPSA) is 58.2 Å². The minimum atomic E-state index is -0.0559. The summed E-state index contributed by atoms with van der Waals surface area (Å²) in [5.74, 6) is 0.0152. The summed E-state index contributed by atoms with van der Waals surface area (Å²) in [6.07, 6.45) is 9.38. The summed E-state index contributed by atoms with van der Waals surface area (Å²) in [5, 5.41) is 7.66. The van der Waals surface area contributed by atoms with Gasteiger partial charge in [0.25, 0.3) is 5.91 Å². The van der Waals surface area contributed by atoms with Crippen LogP contribution in [0.5, 0.6) is 0 Å². The average Bonchev–Trinajstić information content (AvgIpc) is 3.07. The quantitative estimate of drug-likeness (QED) is 0.570. The lowest BCUT2D eigenvalue weighted by atomic mass is 9.97. The fraction of sp³-hybridized carbons (Fsp3) is 0.529. The number of hydrogen-bond acceptors (Lipinski definition) is 3. The molecular formula is C17H24N2O2S. The first-order chi connectivity index (χ1) is 10.8. The Labute approximate surface area is 136 Å². The summed E-state index contributed by atoms with van der Waals surface area (Å²) in [7, 11) is 0. The van der Waals surface area contributed by atoms with Crippen LogP contribution in [0.15, 0.2) is 29.2 Å². The third-order valence-corrected chi connectivity index (χ3v) is 4.63. The molecule has 1 aliphatic carbocycles. The predicted octanol–water partition coefficient (Wildman–Crippen LogP) is 3.26. The van der Waals surface area contributed by atoms with Gasteiger partial charge in [0.05, 0.1) is 4.88 Å². The van der Waals surface area contributed by atoms with E-state index in [2.05, 4.69) is 16.7 Å². The second kappa shape index (κ2) is 9.41. The zero-order valence-electron chi connectivity index (χ0n) is 12.9. The van der Waals surface area contributed by atoms with Crippen molar-refractivity contribution in [3.8, 4) is 0 Å². The maximum atomic E-state index is 11.7. The Morgan fingerprint density at radius 2 is 2.09 bits per heavy atom. The van der Waals surface area contributed by atoms with Gasteiger partial charge in [0.1, 0.15) is 0 Å². The van der Waals surface area contributed by atoms with Crippen molar-refractivity contribution in [3.05, 3.63) is 34.0 Å². The van der Waals surface area contributed by atoms with Gasteiger partial charge in [-0.25, -0.2) is 0 Å². The Morgan fingerprint density at radius 1 is 1.18 bits per heavy atom. The Hall–Kier alpha value is -1.62. The largest absolute Gasteiger partial charge is 0.356 e. The van der Waals surface area contributed by atoms with Crippen molar-refractivity contribution in [2.45, 2.75) is 44.9 Å². The molecule has 0 saturated heterocycles. The zero-order valence-corrected chi connectivity index (χ0v) is 13.7. The molecule has 0 fully saturated rings. The van der Waals surface area contributed by atoms with Gasteiger partial charge in [0, 0.05) is 19.5 Å². The third kappa shape index (κ3) is 6.02. The van der Waals surface area contributed by atoms with Crippen LogP contribution in [0.4, 0.5) is 0 Å². The summed E-state index contributed by atoms with van der Waals surface area (Å²) in [4.78, 5) is 24.1. The highest BCUT2D eigenvalue weighted by Gasteiger charge is 2.07. The Balaban J connectivity index is 1.50. The summed E-state index contributed by atoms with van der Waals surface area (Å²) in [6, 6.07) is 3.65. The van der Waals surface area contributed by atoms with Gasteiger partial charge in [-0.15, -0.1) is 11.3 Å². The van der Waals surface area contributed by atoms with E-state index in [0.717, 1.165) is 13.0 Å². The van der Waals surface area contributed by atoms with Gasteiger partial charge in [0.15, 0.2) is 0 Å². The van der Waals surface area contributed by atoms with Crippen molar-refractivity contribution in [3.63, 3.8) is 0 Å². The molecule has 5 heteroatoms. The second-order valence-corrected chi connectivity index (χ2v) is 6.49. The fourth-order valence-corrected chi connectivity index (χ4v) is 3.17. The average molecular weight is 320 g/mol. The molecule has 2 rings (SSSR count). The van der Waals surface area contributed by atoms with E-state index >= 15 is 0 Å². The molecule has 0 bridgehead atoms. The lowest BCUT2D eigenvalue weighted by Gasteiger charge is -2.13. The SMILES string of the molecule is O=C(CCCNC(=O)c1cccs1)NCCC1=CCCCC1. The number of carbonyl (C=O) groups excluding carboxylic acids is 2. The molecule has 0 aliphatic heterocycles. The predicted molar refractivity (Wildman–Crippen MR) is 90.1 cm³/mol. The molecule has 2 amide bonds. The molecule has 0 saturated carbocycles. The number of amides is 2. The van der Waals surface area contributed by atoms with E-state index in [4.69, 9.17) is 0 Å². The Bertz CT molecular complexity index is 509. The summed E-state index contributed by atoms with van der Waals surface area (Å²) < 4.78 is 0. The van der Waals surface area contributed by atoms with Gasteiger partial charge in [-0.3, -0.25) is 9.59 Å². The maximum absolute atomic E-state index is 11.7. The van der Waals surface area contributed by atoms with Crippen molar-refractivity contribution >= 4 is 23.2 Å². The first kappa shape index (κ1) is 16.7. The second-order valence-electron chi connectivity index (χ2n) is 5.54. The number of rotatable bonds is 8. The van der Waals surface area contributed by atoms with Crippen LogP contribution in [0.1, 0.15) is 54.6 Å². The van der Waals surface area contributed by atoms with Crippen molar-refractivity contribution in [1.29, 1.82) is 0 Å². The minimum Gasteiger partial charge on any atom is -0.356 e. The fourth-order valence-electron chi connectivity index (χ4n) is 2.53. The van der Waals surface area contributed by atoms with E-state index in [-0.39, 0.29) is 11.8 Å². The van der Waals surface area contributed by atoms with Crippen LogP contribution in [-0.2, 0) is 4.79 Å². The van der Waals surface area contributed by atoms with E-state index in [0.29, 0.717) is 24.3 Å². The summed E-state index contributed by atoms with van der Waals surface area (Å²) >= 11 is 1.42. The van der Waals surface area contributed by atoms with Gasteiger partial charge in [0.2, 0.25) is 5.91 Å². The van der Waals surface area contributed by atoms with E-state index in [9.17, 15) is 9.59 Å². The molecule has 0 unspecified atom stereocenters. The van der Waals surface area contributed by atoms with Gasteiger partial charge in [-0.05, 0) is 50.0 Å². The Kier molecular flexibility index (Phi) is 7.16. The molecule has 0 aromatic carbocycles. The standard InChI is InChI=1S/C17H24N2O2S/c20-16(18-12-10-14-6-2-1-3-7-14)9-4-11-19-17(21)15-8-5-13-22-15/h5-6,8,13H,1-4,7,9-12H2,(H,18,20)(H,19,21). The van der Waals surface area contributed by atoms with Crippen molar-refractivity contribution < 1.29 is 9.59 Å². The molecular weight excluding hydrogens is 296 g/mol. The van der Waals surface area contributed by atoms with Gasteiger partial charge in [-0.1, -0.05) is 17.7 Å². The molecule has 120 valence electrons. The zero-order chi connectivity index (χ0) is 15.6. The Morgan fingerprint density at radius 3 is 2.82 bits per heavy atom. The van der Waals surface area contributed by atoms with Gasteiger partial charge >= 0.3 is 0 Å². The molecule has 0 radical (unpaired) electrons. The van der Waals surface area contributed by atoms with Crippen LogP contribution < -0.4 is 10.6 Å². The molecule has 0 spiro atoms. The van der Waals surface area contributed by atoms with E-state index in [1.54, 1.807) is 6.07 Å². The van der Waals surface area contributed by atoms with Crippen LogP contribution in [0.2, 0.25) is 0 Å². The summed E-state index contributed by atoms with van der Waals surface area (Å²) in [5.41, 5.74) is 1.48. The number of allylic oxidation sites excluding steroid dienone is 1. The monoisotopic (exact) mass is 320 g/mol. The first-order valence-electron chi connectivity index (χ1n) is 8.02. The van der Waals surface area contributed by atoms with Crippen molar-refractivity contribution in [2.24, 2.45) is 0 Å². The van der Waals surface area contributed by atoms with Crippen LogP contribution >= 0.6 is 11.3 Å². The van der Waals surface area contributed by atoms with E-state index < -0.39 is 0 Å². The van der Waals surface area contributed by atoms with Crippen LogP contribution in [-0.4, -0.2) is 24.9 Å². The number of hydrogen-bond donors (Lipinski definition) is 2. The van der Waals surface area contributed by atoms with Crippen molar-refractivity contribution in [1.82, 2.24) is 10.6 Å². The highest BCUT2D eigenvalue weighted by atomic mass is 32.1. The smallest absolute Gasteiger partial charge is 0.261 e. The molecule has 1 heterocycles. The van der Waals surface area contributed by atoms with Crippen LogP contribution in [0, 0.1) is 0 Å². The molecule has 4 nitrogen and oxygen atoms in total. The molecule has 1 aromatic rings. The highest BCUT2D eigenvalue weighted by Crippen LogP contribution is 2.19. The first-order valence-corrected chi connectivity index (χ1v) is 8.90. The molecule has 0 atom stereocenters. The van der Waals surface area contributed by atoms with E-state index in [1.165, 1.54) is 42.6 Å². The minimum absolute atomic E-state index is 0.0559. The normalized spacial score (nSPS) is 14.3. The van der Waals surface area contributed by atoms with E-state index in [1.807, 2.05) is 11.4 Å². The lowest BCUT2D eigenvalue weighted by molar-refractivity contribution is -0.121. The number of nitrogens with one attached hydrogen (secondary N) is 2. The lowest BCUT2D eigenvalue weighted by Crippen LogP contribution is -2.27. The number of thiophene rings is 1. The summed E-state index contributed by atoms with van der Waals surface area (Å²) in [6.45, 7) is 1.27. The molecule has 1 aliphatic rings. The highest BCUT2D eigenvalue weighted by molar-refractivity contribution is 7.12. The molecule has 22 heavy (non-hydrogen) atoms. The number of carbonyl (C=O) groups is 2. The maximum Gasteiger partial charge on any atom is 0.261 e. The van der Waals surface area contributed by atoms with Crippen molar-refractivity contribution in [2.75, 3.05) is 13.1 Å². The third-order valence-electron chi connectivity index (χ3n) is 3.76.